The van der Waals surface area contributed by atoms with Gasteiger partial charge in [0.1, 0.15) is 0 Å². The summed E-state index contributed by atoms with van der Waals surface area (Å²) < 4.78 is 1.63. The molecule has 116 valence electrons. The van der Waals surface area contributed by atoms with Crippen molar-refractivity contribution in [3.63, 3.8) is 0 Å². The number of nitro benzene ring substituents is 1. The van der Waals surface area contributed by atoms with Gasteiger partial charge in [-0.05, 0) is 50.6 Å². The Labute approximate surface area is 128 Å². The van der Waals surface area contributed by atoms with E-state index in [-0.39, 0.29) is 11.2 Å². The van der Waals surface area contributed by atoms with Crippen LogP contribution in [-0.2, 0) is 12.1 Å². The zero-order chi connectivity index (χ0) is 16.5. The van der Waals surface area contributed by atoms with E-state index >= 15 is 0 Å². The monoisotopic (exact) mass is 301 g/mol. The molecule has 0 aliphatic carbocycles. The van der Waals surface area contributed by atoms with Gasteiger partial charge in [0, 0.05) is 29.8 Å². The summed E-state index contributed by atoms with van der Waals surface area (Å²) in [6, 6.07) is 9.71. The predicted octanol–water partition coefficient (Wildman–Crippen LogP) is 2.64. The first-order chi connectivity index (χ1) is 10.3. The third-order valence-electron chi connectivity index (χ3n) is 3.56. The van der Waals surface area contributed by atoms with Gasteiger partial charge < -0.3 is 10.3 Å². The Morgan fingerprint density at radius 3 is 2.23 bits per heavy atom. The Kier molecular flexibility index (Phi) is 4.14. The van der Waals surface area contributed by atoms with Gasteiger partial charge in [-0.15, -0.1) is 0 Å². The number of rotatable bonds is 4. The average Bonchev–Trinajstić information content (AvgIpc) is 2.45. The fourth-order valence-electron chi connectivity index (χ4n) is 2.39. The molecule has 0 aliphatic rings. The van der Waals surface area contributed by atoms with Crippen molar-refractivity contribution in [1.82, 2.24) is 4.57 Å². The summed E-state index contributed by atoms with van der Waals surface area (Å²) in [5.41, 5.74) is 7.22. The molecule has 0 radical (unpaired) electrons. The fourth-order valence-corrected chi connectivity index (χ4v) is 2.39. The summed E-state index contributed by atoms with van der Waals surface area (Å²) in [5, 5.41) is 10.7. The van der Waals surface area contributed by atoms with Crippen LogP contribution < -0.4 is 11.3 Å². The second-order valence-corrected chi connectivity index (χ2v) is 5.71. The lowest BCUT2D eigenvalue weighted by molar-refractivity contribution is -0.384. The maximum Gasteiger partial charge on any atom is 0.269 e. The molecule has 0 saturated heterocycles. The molecular weight excluding hydrogens is 282 g/mol. The Morgan fingerprint density at radius 2 is 1.77 bits per heavy atom. The Bertz CT molecular complexity index is 756. The van der Waals surface area contributed by atoms with Crippen LogP contribution in [0.3, 0.4) is 0 Å². The lowest BCUT2D eigenvalue weighted by Crippen LogP contribution is -2.38. The molecule has 1 heterocycles. The lowest BCUT2D eigenvalue weighted by Gasteiger charge is -2.21. The summed E-state index contributed by atoms with van der Waals surface area (Å²) in [5.74, 6) is 0. The van der Waals surface area contributed by atoms with Gasteiger partial charge in [-0.2, -0.15) is 0 Å². The number of hydrogen-bond acceptors (Lipinski definition) is 4. The standard InChI is InChI=1S/C16H19N3O3/c1-4-18-14(10-9-13(15(18)20)16(2,3)17)11-5-7-12(8-6-11)19(21)22/h5-10H,4,17H2,1-3H3. The Balaban J connectivity index is 2.59. The molecule has 6 heteroatoms. The van der Waals surface area contributed by atoms with E-state index in [2.05, 4.69) is 0 Å². The second-order valence-electron chi connectivity index (χ2n) is 5.71. The molecule has 1 aromatic carbocycles. The van der Waals surface area contributed by atoms with Crippen LogP contribution in [0.2, 0.25) is 0 Å². The van der Waals surface area contributed by atoms with Crippen molar-refractivity contribution < 1.29 is 4.92 Å². The van der Waals surface area contributed by atoms with Crippen LogP contribution in [0, 0.1) is 10.1 Å². The first-order valence-corrected chi connectivity index (χ1v) is 7.03. The van der Waals surface area contributed by atoms with Gasteiger partial charge in [0.15, 0.2) is 0 Å². The van der Waals surface area contributed by atoms with Crippen LogP contribution in [0.25, 0.3) is 11.3 Å². The van der Waals surface area contributed by atoms with Crippen LogP contribution in [0.4, 0.5) is 5.69 Å². The first-order valence-electron chi connectivity index (χ1n) is 7.03. The third-order valence-corrected chi connectivity index (χ3v) is 3.56. The lowest BCUT2D eigenvalue weighted by atomic mass is 9.96. The normalized spacial score (nSPS) is 11.5. The first kappa shape index (κ1) is 15.9. The van der Waals surface area contributed by atoms with Gasteiger partial charge in [0.2, 0.25) is 0 Å². The van der Waals surface area contributed by atoms with Crippen LogP contribution in [0.15, 0.2) is 41.2 Å². The van der Waals surface area contributed by atoms with Gasteiger partial charge in [0.05, 0.1) is 10.6 Å². The molecule has 0 spiro atoms. The number of nitrogens with two attached hydrogens (primary N) is 1. The van der Waals surface area contributed by atoms with Crippen molar-refractivity contribution >= 4 is 5.69 Å². The summed E-state index contributed by atoms with van der Waals surface area (Å²) in [6.07, 6.45) is 0. The number of pyridine rings is 1. The zero-order valence-electron chi connectivity index (χ0n) is 12.9. The van der Waals surface area contributed by atoms with E-state index in [1.807, 2.05) is 13.0 Å². The molecule has 2 aromatic rings. The minimum atomic E-state index is -0.720. The molecule has 2 rings (SSSR count). The molecule has 6 nitrogen and oxygen atoms in total. The van der Waals surface area contributed by atoms with Crippen molar-refractivity contribution in [2.24, 2.45) is 5.73 Å². The van der Waals surface area contributed by atoms with E-state index in [1.54, 1.807) is 36.6 Å². The molecule has 1 aromatic heterocycles. The van der Waals surface area contributed by atoms with Crippen molar-refractivity contribution in [3.05, 3.63) is 62.4 Å². The van der Waals surface area contributed by atoms with E-state index in [9.17, 15) is 14.9 Å². The van der Waals surface area contributed by atoms with Gasteiger partial charge in [0.25, 0.3) is 11.2 Å². The number of benzene rings is 1. The number of nitrogens with zero attached hydrogens (tertiary/aromatic N) is 2. The summed E-state index contributed by atoms with van der Waals surface area (Å²) >= 11 is 0. The summed E-state index contributed by atoms with van der Waals surface area (Å²) in [4.78, 5) is 22.9. The molecule has 0 atom stereocenters. The zero-order valence-corrected chi connectivity index (χ0v) is 12.9. The Hall–Kier alpha value is -2.47. The fraction of sp³-hybridized carbons (Fsp3) is 0.312. The highest BCUT2D eigenvalue weighted by Crippen LogP contribution is 2.23. The third kappa shape index (κ3) is 2.92. The molecule has 0 unspecified atom stereocenters. The minimum Gasteiger partial charge on any atom is -0.322 e. The van der Waals surface area contributed by atoms with E-state index in [0.29, 0.717) is 12.1 Å². The molecule has 0 saturated carbocycles. The minimum absolute atomic E-state index is 0.0221. The summed E-state index contributed by atoms with van der Waals surface area (Å²) in [7, 11) is 0. The number of hydrogen-bond donors (Lipinski definition) is 1. The van der Waals surface area contributed by atoms with E-state index in [1.165, 1.54) is 12.1 Å². The number of aromatic nitrogens is 1. The molecule has 0 aliphatic heterocycles. The highest BCUT2D eigenvalue weighted by Gasteiger charge is 2.20. The highest BCUT2D eigenvalue weighted by atomic mass is 16.6. The van der Waals surface area contributed by atoms with Crippen molar-refractivity contribution in [3.8, 4) is 11.3 Å². The molecule has 2 N–H and O–H groups in total. The van der Waals surface area contributed by atoms with Crippen LogP contribution in [-0.4, -0.2) is 9.49 Å². The number of nitro groups is 1. The largest absolute Gasteiger partial charge is 0.322 e. The highest BCUT2D eigenvalue weighted by molar-refractivity contribution is 5.61. The molecular formula is C16H19N3O3. The SMILES string of the molecule is CCn1c(-c2ccc([N+](=O)[O-])cc2)ccc(C(C)(C)N)c1=O. The smallest absolute Gasteiger partial charge is 0.269 e. The maximum atomic E-state index is 12.6. The van der Waals surface area contributed by atoms with Gasteiger partial charge >= 0.3 is 0 Å². The second kappa shape index (κ2) is 5.73. The van der Waals surface area contributed by atoms with Crippen molar-refractivity contribution in [2.45, 2.75) is 32.9 Å². The van der Waals surface area contributed by atoms with Crippen LogP contribution in [0.5, 0.6) is 0 Å². The average molecular weight is 301 g/mol. The quantitative estimate of drug-likeness (QED) is 0.694. The predicted molar refractivity (Wildman–Crippen MR) is 85.7 cm³/mol. The topological polar surface area (TPSA) is 91.2 Å². The van der Waals surface area contributed by atoms with Gasteiger partial charge in [-0.3, -0.25) is 14.9 Å². The van der Waals surface area contributed by atoms with E-state index < -0.39 is 10.5 Å². The Morgan fingerprint density at radius 1 is 1.18 bits per heavy atom. The van der Waals surface area contributed by atoms with E-state index in [4.69, 9.17) is 5.73 Å². The van der Waals surface area contributed by atoms with Crippen LogP contribution in [0.1, 0.15) is 26.3 Å². The molecule has 0 fully saturated rings. The molecule has 0 bridgehead atoms. The van der Waals surface area contributed by atoms with E-state index in [0.717, 1.165) is 11.3 Å². The van der Waals surface area contributed by atoms with Crippen molar-refractivity contribution in [1.29, 1.82) is 0 Å². The van der Waals surface area contributed by atoms with Gasteiger partial charge in [-0.1, -0.05) is 0 Å². The maximum absolute atomic E-state index is 12.6. The summed E-state index contributed by atoms with van der Waals surface area (Å²) in [6.45, 7) is 5.95. The molecule has 0 amide bonds. The van der Waals surface area contributed by atoms with Crippen molar-refractivity contribution in [2.75, 3.05) is 0 Å². The van der Waals surface area contributed by atoms with Gasteiger partial charge in [-0.25, -0.2) is 0 Å². The number of non-ortho nitro benzene ring substituents is 1. The molecule has 22 heavy (non-hydrogen) atoms. The van der Waals surface area contributed by atoms with Crippen LogP contribution >= 0.6 is 0 Å².